The molecule has 5 heteroatoms. The van der Waals surface area contributed by atoms with Crippen molar-refractivity contribution in [2.24, 2.45) is 0 Å². The van der Waals surface area contributed by atoms with E-state index in [1.54, 1.807) is 0 Å². The van der Waals surface area contributed by atoms with Crippen molar-refractivity contribution in [2.45, 2.75) is 38.3 Å². The fraction of sp³-hybridized carbons (Fsp3) is 0.714. The average molecular weight is 267 g/mol. The number of carbonyl (C=O) groups excluding carboxylic acids is 2. The number of quaternary nitrogens is 1. The maximum Gasteiger partial charge on any atom is 0.516 e. The minimum absolute atomic E-state index is 0.0719. The van der Waals surface area contributed by atoms with Crippen LogP contribution in [0.15, 0.2) is 12.2 Å². The lowest BCUT2D eigenvalue weighted by Crippen LogP contribution is -2.69. The lowest BCUT2D eigenvalue weighted by molar-refractivity contribution is -0.858. The third-order valence-corrected chi connectivity index (χ3v) is 4.46. The van der Waals surface area contributed by atoms with E-state index in [0.717, 1.165) is 12.8 Å². The molecule has 1 aliphatic heterocycles. The Morgan fingerprint density at radius 2 is 2.11 bits per heavy atom. The summed E-state index contributed by atoms with van der Waals surface area (Å²) < 4.78 is 4.96. The first kappa shape index (κ1) is 14.1. The minimum atomic E-state index is -0.318. The van der Waals surface area contributed by atoms with E-state index in [9.17, 15) is 9.59 Å². The van der Waals surface area contributed by atoms with E-state index in [-0.39, 0.29) is 28.6 Å². The Labute approximate surface area is 114 Å². The van der Waals surface area contributed by atoms with Crippen molar-refractivity contribution in [3.8, 4) is 0 Å². The summed E-state index contributed by atoms with van der Waals surface area (Å²) in [4.78, 5) is 26.6. The number of hydrogen-bond acceptors (Lipinski definition) is 3. The molecule has 0 aromatic heterocycles. The molecule has 0 saturated carbocycles. The van der Waals surface area contributed by atoms with Gasteiger partial charge in [-0.2, -0.15) is 4.79 Å². The minimum Gasteiger partial charge on any atom is -0.423 e. The Morgan fingerprint density at radius 1 is 1.47 bits per heavy atom. The molecule has 19 heavy (non-hydrogen) atoms. The predicted octanol–water partition coefficient (Wildman–Crippen LogP) is 1.54. The van der Waals surface area contributed by atoms with Crippen LogP contribution >= 0.6 is 0 Å². The van der Waals surface area contributed by atoms with Gasteiger partial charge in [-0.05, 0) is 12.8 Å². The lowest BCUT2D eigenvalue weighted by atomic mass is 10.0. The molecule has 2 atom stereocenters. The third-order valence-electron chi connectivity index (χ3n) is 4.46. The van der Waals surface area contributed by atoms with Gasteiger partial charge in [0.15, 0.2) is 6.04 Å². The second-order valence-electron chi connectivity index (χ2n) is 5.51. The maximum atomic E-state index is 12.7. The molecular weight excluding hydrogens is 244 g/mol. The number of rotatable bonds is 2. The Hall–Kier alpha value is -1.36. The van der Waals surface area contributed by atoms with Crippen LogP contribution in [0.25, 0.3) is 0 Å². The highest BCUT2D eigenvalue weighted by molar-refractivity contribution is 5.83. The van der Waals surface area contributed by atoms with Gasteiger partial charge in [0.05, 0.1) is 20.7 Å². The van der Waals surface area contributed by atoms with Gasteiger partial charge in [0.2, 0.25) is 0 Å². The van der Waals surface area contributed by atoms with Crippen LogP contribution in [0.5, 0.6) is 0 Å². The summed E-state index contributed by atoms with van der Waals surface area (Å²) in [6.45, 7) is 3.22. The summed E-state index contributed by atoms with van der Waals surface area (Å²) in [5.74, 6) is 0.0929. The van der Waals surface area contributed by atoms with Crippen LogP contribution in [0.1, 0.15) is 26.2 Å². The molecule has 2 unspecified atom stereocenters. The Balaban J connectivity index is 2.18. The fourth-order valence-corrected chi connectivity index (χ4v) is 3.24. The van der Waals surface area contributed by atoms with E-state index in [1.807, 2.05) is 18.9 Å². The second-order valence-corrected chi connectivity index (χ2v) is 5.51. The zero-order chi connectivity index (χ0) is 14.0. The average Bonchev–Trinajstić information content (AvgIpc) is 2.92. The molecule has 0 aromatic carbocycles. The quantitative estimate of drug-likeness (QED) is 0.563. The van der Waals surface area contributed by atoms with Crippen molar-refractivity contribution in [3.63, 3.8) is 0 Å². The van der Waals surface area contributed by atoms with Crippen molar-refractivity contribution < 1.29 is 18.8 Å². The monoisotopic (exact) mass is 267 g/mol. The van der Waals surface area contributed by atoms with Crippen molar-refractivity contribution in [1.82, 2.24) is 4.90 Å². The molecule has 1 heterocycles. The van der Waals surface area contributed by atoms with E-state index >= 15 is 0 Å². The van der Waals surface area contributed by atoms with E-state index in [0.29, 0.717) is 19.5 Å². The summed E-state index contributed by atoms with van der Waals surface area (Å²) >= 11 is 0. The van der Waals surface area contributed by atoms with Crippen LogP contribution < -0.4 is 0 Å². The molecule has 1 saturated heterocycles. The van der Waals surface area contributed by atoms with E-state index in [4.69, 9.17) is 4.74 Å². The number of carbonyl (C=O) groups is 2. The zero-order valence-electron chi connectivity index (χ0n) is 12.0. The number of ether oxygens (including phenoxy) is 1. The van der Waals surface area contributed by atoms with Crippen LogP contribution in [0.2, 0.25) is 0 Å². The lowest BCUT2D eigenvalue weighted by Gasteiger charge is -2.45. The van der Waals surface area contributed by atoms with Crippen LogP contribution in [0, 0.1) is 0 Å². The predicted molar refractivity (Wildman–Crippen MR) is 71.4 cm³/mol. The van der Waals surface area contributed by atoms with Gasteiger partial charge in [-0.25, -0.2) is 4.48 Å². The molecule has 2 amide bonds. The molecule has 2 aliphatic rings. The summed E-state index contributed by atoms with van der Waals surface area (Å²) in [5, 5.41) is 0. The SMILES string of the molecule is CCC1C(=O)N(C2CC=CC2)CC[N+]1(C)C(=O)OC. The van der Waals surface area contributed by atoms with Crippen LogP contribution in [0.3, 0.4) is 0 Å². The van der Waals surface area contributed by atoms with Crippen molar-refractivity contribution >= 4 is 12.0 Å². The Kier molecular flexibility index (Phi) is 3.94. The molecule has 1 fully saturated rings. The topological polar surface area (TPSA) is 46.6 Å². The fourth-order valence-electron chi connectivity index (χ4n) is 3.24. The van der Waals surface area contributed by atoms with Gasteiger partial charge in [0, 0.05) is 12.5 Å². The van der Waals surface area contributed by atoms with Crippen LogP contribution in [-0.2, 0) is 9.53 Å². The molecule has 5 nitrogen and oxygen atoms in total. The summed E-state index contributed by atoms with van der Waals surface area (Å²) in [7, 11) is 3.19. The van der Waals surface area contributed by atoms with Crippen LogP contribution in [-0.4, -0.2) is 60.7 Å². The highest BCUT2D eigenvalue weighted by atomic mass is 16.5. The summed E-state index contributed by atoms with van der Waals surface area (Å²) in [6.07, 6.45) is 6.46. The first-order valence-corrected chi connectivity index (χ1v) is 6.93. The van der Waals surface area contributed by atoms with Gasteiger partial charge < -0.3 is 9.64 Å². The smallest absolute Gasteiger partial charge is 0.423 e. The van der Waals surface area contributed by atoms with Gasteiger partial charge >= 0.3 is 6.09 Å². The molecule has 106 valence electrons. The zero-order valence-corrected chi connectivity index (χ0v) is 12.0. The maximum absolute atomic E-state index is 12.7. The number of likely N-dealkylation sites (N-methyl/N-ethyl adjacent to an activating group) is 1. The normalized spacial score (nSPS) is 31.8. The van der Waals surface area contributed by atoms with Gasteiger partial charge in [0.25, 0.3) is 5.91 Å². The Bertz CT molecular complexity index is 399. The highest BCUT2D eigenvalue weighted by Crippen LogP contribution is 2.27. The number of piperazine rings is 1. The molecule has 0 radical (unpaired) electrons. The van der Waals surface area contributed by atoms with E-state index in [1.165, 1.54) is 7.11 Å². The number of hydrogen-bond donors (Lipinski definition) is 0. The van der Waals surface area contributed by atoms with Crippen molar-refractivity contribution in [2.75, 3.05) is 27.2 Å². The summed E-state index contributed by atoms with van der Waals surface area (Å²) in [6, 6.07) is -0.0326. The molecule has 1 aliphatic carbocycles. The second kappa shape index (κ2) is 5.33. The standard InChI is InChI=1S/C14H23N2O3/c1-4-12-13(17)15(11-7-5-6-8-11)9-10-16(12,2)14(18)19-3/h5-6,11-12H,4,7-10H2,1-3H3/q+1. The number of amides is 2. The van der Waals surface area contributed by atoms with E-state index in [2.05, 4.69) is 12.2 Å². The molecular formula is C14H23N2O3+. The van der Waals surface area contributed by atoms with Gasteiger partial charge in [0.1, 0.15) is 6.54 Å². The van der Waals surface area contributed by atoms with Gasteiger partial charge in [-0.15, -0.1) is 0 Å². The van der Waals surface area contributed by atoms with Crippen molar-refractivity contribution in [3.05, 3.63) is 12.2 Å². The first-order chi connectivity index (χ1) is 9.04. The molecule has 0 bridgehead atoms. The number of methoxy groups -OCH3 is 1. The van der Waals surface area contributed by atoms with Gasteiger partial charge in [-0.3, -0.25) is 4.79 Å². The summed E-state index contributed by atoms with van der Waals surface area (Å²) in [5.41, 5.74) is 0. The Morgan fingerprint density at radius 3 is 2.63 bits per heavy atom. The van der Waals surface area contributed by atoms with Crippen LogP contribution in [0.4, 0.5) is 4.79 Å². The largest absolute Gasteiger partial charge is 0.516 e. The van der Waals surface area contributed by atoms with Gasteiger partial charge in [-0.1, -0.05) is 19.1 Å². The molecule has 0 N–H and O–H groups in total. The highest BCUT2D eigenvalue weighted by Gasteiger charge is 2.51. The molecule has 0 spiro atoms. The van der Waals surface area contributed by atoms with E-state index < -0.39 is 0 Å². The number of nitrogens with zero attached hydrogens (tertiary/aromatic N) is 2. The first-order valence-electron chi connectivity index (χ1n) is 6.93. The van der Waals surface area contributed by atoms with Crippen molar-refractivity contribution in [1.29, 1.82) is 0 Å². The third kappa shape index (κ3) is 2.27. The molecule has 2 rings (SSSR count). The molecule has 0 aromatic rings.